The number of nitrogens with zero attached hydrogens (tertiary/aromatic N) is 1. The quantitative estimate of drug-likeness (QED) is 0.156. The van der Waals surface area contributed by atoms with E-state index in [0.717, 1.165) is 27.1 Å². The van der Waals surface area contributed by atoms with Gasteiger partial charge in [0, 0.05) is 17.4 Å². The number of hydrogen-bond acceptors (Lipinski definition) is 5. The molecule has 0 spiro atoms. The molecule has 55 heavy (non-hydrogen) atoms. The highest BCUT2D eigenvalue weighted by Gasteiger charge is 2.64. The second-order valence-corrected chi connectivity index (χ2v) is 15.1. The number of ketones is 1. The van der Waals surface area contributed by atoms with Crippen molar-refractivity contribution in [3.8, 4) is 17.6 Å². The summed E-state index contributed by atoms with van der Waals surface area (Å²) in [4.78, 5) is 15.7. The number of aliphatic hydroxyl groups is 1. The molecule has 0 saturated heterocycles. The van der Waals surface area contributed by atoms with Crippen LogP contribution in [-0.4, -0.2) is 25.1 Å². The molecular weight excluding hydrogens is 725 g/mol. The molecule has 272 valence electrons. The van der Waals surface area contributed by atoms with Crippen molar-refractivity contribution in [1.29, 1.82) is 5.26 Å². The van der Waals surface area contributed by atoms with Gasteiger partial charge in [-0.1, -0.05) is 126 Å². The Bertz CT molecular complexity index is 2600. The molecule has 1 N–H and O–H groups in total. The zero-order valence-electron chi connectivity index (χ0n) is 30.2. The van der Waals surface area contributed by atoms with Crippen molar-refractivity contribution in [1.82, 2.24) is 0 Å². The summed E-state index contributed by atoms with van der Waals surface area (Å²) in [5.74, 6) is -1.76. The Morgan fingerprint density at radius 2 is 1.20 bits per heavy atom. The van der Waals surface area contributed by atoms with Gasteiger partial charge in [0.1, 0.15) is 17.1 Å². The predicted molar refractivity (Wildman–Crippen MR) is 219 cm³/mol. The molecule has 0 bridgehead atoms. The van der Waals surface area contributed by atoms with Crippen molar-refractivity contribution in [3.63, 3.8) is 0 Å². The maximum absolute atomic E-state index is 15.7. The van der Waals surface area contributed by atoms with Crippen LogP contribution < -0.4 is 9.47 Å². The van der Waals surface area contributed by atoms with Crippen molar-refractivity contribution < 1.29 is 19.4 Å². The van der Waals surface area contributed by atoms with E-state index in [1.807, 2.05) is 140 Å². The number of carbonyl (C=O) groups excluding carboxylic acids is 1. The molecule has 1 aliphatic rings. The number of Topliss-reactive ketones (excluding diaryl/α,β-unsaturated/α-hetero) is 1. The van der Waals surface area contributed by atoms with Gasteiger partial charge in [0.25, 0.3) is 0 Å². The highest BCUT2D eigenvalue weighted by molar-refractivity contribution is 6.42. The number of methoxy groups -OCH3 is 2. The molecule has 0 radical (unpaired) electrons. The Balaban J connectivity index is 1.48. The van der Waals surface area contributed by atoms with E-state index in [9.17, 15) is 10.4 Å². The fourth-order valence-electron chi connectivity index (χ4n) is 8.83. The van der Waals surface area contributed by atoms with Gasteiger partial charge in [-0.2, -0.15) is 5.26 Å². The van der Waals surface area contributed by atoms with Crippen molar-refractivity contribution >= 4 is 50.5 Å². The number of hydrogen-bond donors (Lipinski definition) is 1. The molecule has 7 aromatic carbocycles. The van der Waals surface area contributed by atoms with Crippen LogP contribution in [0.15, 0.2) is 152 Å². The maximum atomic E-state index is 15.7. The zero-order valence-corrected chi connectivity index (χ0v) is 31.8. The Kier molecular flexibility index (Phi) is 9.61. The molecule has 0 unspecified atom stereocenters. The molecule has 0 aromatic heterocycles. The minimum atomic E-state index is -1.78. The molecule has 1 fully saturated rings. The third kappa shape index (κ3) is 6.21. The van der Waals surface area contributed by atoms with Crippen LogP contribution in [0.1, 0.15) is 50.9 Å². The Morgan fingerprint density at radius 1 is 0.655 bits per heavy atom. The van der Waals surface area contributed by atoms with Gasteiger partial charge in [-0.15, -0.1) is 0 Å². The van der Waals surface area contributed by atoms with Crippen LogP contribution in [0.2, 0.25) is 10.0 Å². The van der Waals surface area contributed by atoms with Gasteiger partial charge in [0.2, 0.25) is 0 Å². The number of rotatable bonds is 8. The predicted octanol–water partition coefficient (Wildman–Crippen LogP) is 11.4. The maximum Gasteiger partial charge on any atom is 0.169 e. The summed E-state index contributed by atoms with van der Waals surface area (Å²) in [7, 11) is 3.20. The lowest BCUT2D eigenvalue weighted by molar-refractivity contribution is -0.0737. The van der Waals surface area contributed by atoms with E-state index in [1.165, 1.54) is 0 Å². The Morgan fingerprint density at radius 3 is 1.78 bits per heavy atom. The zero-order chi connectivity index (χ0) is 38.3. The van der Waals surface area contributed by atoms with Crippen LogP contribution in [0.5, 0.6) is 11.5 Å². The molecule has 0 heterocycles. The molecular formula is C48H37Cl2NO4. The van der Waals surface area contributed by atoms with Crippen molar-refractivity contribution in [2.45, 2.75) is 29.3 Å². The van der Waals surface area contributed by atoms with E-state index in [-0.39, 0.29) is 17.2 Å². The molecule has 7 aromatic rings. The molecule has 1 aliphatic carbocycles. The molecule has 5 atom stereocenters. The standard InChI is InChI=1S/C48H37Cl2NO4/c1-54-39-20-14-32(15-21-39)41-28-48(53,38-18-13-31-8-4-6-10-35(31)26-38)45(46(52)36-12-11-30-7-3-5-9-34(30)25-36)44(33-16-22-40(55-2)23-17-33)47(41,29-51)37-19-24-42(49)43(50)27-37/h3-27,41,44-45,53H,28H2,1-2H3/t41-,44-,45+,47-,48-/m1/s1. The molecule has 7 heteroatoms. The minimum absolute atomic E-state index is 0.0299. The SMILES string of the molecule is COc1ccc([C@H]2C[C@@](O)(c3ccc4ccccc4c3)[C@H](C(=O)c3ccc4ccccc4c3)[C@@H](c3ccc(OC)cc3)[C@]2(C#N)c2ccc(Cl)c(Cl)c2)cc1. The van der Waals surface area contributed by atoms with Crippen LogP contribution in [0.25, 0.3) is 21.5 Å². The molecule has 1 saturated carbocycles. The lowest BCUT2D eigenvalue weighted by Gasteiger charge is -2.56. The number of ether oxygens (including phenoxy) is 2. The average Bonchev–Trinajstić information content (AvgIpc) is 3.23. The minimum Gasteiger partial charge on any atom is -0.497 e. The van der Waals surface area contributed by atoms with E-state index in [1.54, 1.807) is 26.4 Å². The smallest absolute Gasteiger partial charge is 0.169 e. The average molecular weight is 763 g/mol. The summed E-state index contributed by atoms with van der Waals surface area (Å²) in [5, 5.41) is 30.2. The van der Waals surface area contributed by atoms with Gasteiger partial charge in [-0.25, -0.2) is 0 Å². The fraction of sp³-hybridized carbons (Fsp3) is 0.167. The number of benzene rings is 7. The van der Waals surface area contributed by atoms with Gasteiger partial charge in [-0.05, 0) is 98.8 Å². The summed E-state index contributed by atoms with van der Waals surface area (Å²) in [6, 6.07) is 50.4. The van der Waals surface area contributed by atoms with Gasteiger partial charge in [0.15, 0.2) is 5.78 Å². The van der Waals surface area contributed by atoms with Crippen LogP contribution in [0.3, 0.4) is 0 Å². The van der Waals surface area contributed by atoms with Gasteiger partial charge >= 0.3 is 0 Å². The lowest BCUT2D eigenvalue weighted by atomic mass is 9.46. The van der Waals surface area contributed by atoms with Crippen LogP contribution >= 0.6 is 23.2 Å². The summed E-state index contributed by atoms with van der Waals surface area (Å²) in [6.45, 7) is 0. The first-order valence-electron chi connectivity index (χ1n) is 18.1. The van der Waals surface area contributed by atoms with Gasteiger partial charge in [0.05, 0.1) is 41.7 Å². The summed E-state index contributed by atoms with van der Waals surface area (Å²) < 4.78 is 11.1. The first-order valence-corrected chi connectivity index (χ1v) is 18.8. The van der Waals surface area contributed by atoms with E-state index < -0.39 is 28.8 Å². The Hall–Kier alpha value is -5.64. The van der Waals surface area contributed by atoms with Crippen molar-refractivity contribution in [2.75, 3.05) is 14.2 Å². The normalized spacial score (nSPS) is 22.2. The fourth-order valence-corrected chi connectivity index (χ4v) is 9.13. The first-order chi connectivity index (χ1) is 26.7. The highest BCUT2D eigenvalue weighted by atomic mass is 35.5. The van der Waals surface area contributed by atoms with E-state index >= 15 is 4.79 Å². The van der Waals surface area contributed by atoms with Gasteiger partial charge in [-0.3, -0.25) is 4.79 Å². The number of fused-ring (bicyclic) bond motifs is 2. The van der Waals surface area contributed by atoms with E-state index in [0.29, 0.717) is 38.8 Å². The third-order valence-corrected chi connectivity index (χ3v) is 12.3. The monoisotopic (exact) mass is 761 g/mol. The van der Waals surface area contributed by atoms with Crippen LogP contribution in [0.4, 0.5) is 0 Å². The van der Waals surface area contributed by atoms with Crippen LogP contribution in [0, 0.1) is 17.2 Å². The topological polar surface area (TPSA) is 79.6 Å². The largest absolute Gasteiger partial charge is 0.497 e. The van der Waals surface area contributed by atoms with Crippen molar-refractivity contribution in [3.05, 3.63) is 190 Å². The van der Waals surface area contributed by atoms with Crippen LogP contribution in [-0.2, 0) is 11.0 Å². The number of halogens is 2. The summed E-state index contributed by atoms with van der Waals surface area (Å²) in [6.07, 6.45) is 0.0299. The highest BCUT2D eigenvalue weighted by Crippen LogP contribution is 2.64. The summed E-state index contributed by atoms with van der Waals surface area (Å²) in [5.41, 5.74) is -0.153. The number of carbonyl (C=O) groups is 1. The molecule has 5 nitrogen and oxygen atoms in total. The number of nitriles is 1. The van der Waals surface area contributed by atoms with Gasteiger partial charge < -0.3 is 14.6 Å². The Labute approximate surface area is 330 Å². The van der Waals surface area contributed by atoms with E-state index in [2.05, 4.69) is 6.07 Å². The lowest BCUT2D eigenvalue weighted by Crippen LogP contribution is -2.58. The van der Waals surface area contributed by atoms with E-state index in [4.69, 9.17) is 32.7 Å². The second-order valence-electron chi connectivity index (χ2n) is 14.3. The molecule has 0 aliphatic heterocycles. The molecule has 0 amide bonds. The third-order valence-electron chi connectivity index (χ3n) is 11.5. The summed E-state index contributed by atoms with van der Waals surface area (Å²) >= 11 is 13.3. The molecule has 8 rings (SSSR count). The van der Waals surface area contributed by atoms with Crippen molar-refractivity contribution in [2.24, 2.45) is 5.92 Å². The first kappa shape index (κ1) is 36.3. The second kappa shape index (κ2) is 14.5.